The van der Waals surface area contributed by atoms with Crippen molar-refractivity contribution in [2.45, 2.75) is 56.6 Å². The van der Waals surface area contributed by atoms with Gasteiger partial charge in [-0.15, -0.1) is 0 Å². The van der Waals surface area contributed by atoms with Gasteiger partial charge >= 0.3 is 0 Å². The van der Waals surface area contributed by atoms with E-state index in [1.165, 1.54) is 30.2 Å². The highest BCUT2D eigenvalue weighted by Gasteiger charge is 2.20. The van der Waals surface area contributed by atoms with Gasteiger partial charge < -0.3 is 4.90 Å². The number of nitrogens with zero attached hydrogens (tertiary/aromatic N) is 3. The first-order valence-corrected chi connectivity index (χ1v) is 12.2. The van der Waals surface area contributed by atoms with Gasteiger partial charge in [-0.2, -0.15) is 0 Å². The molecule has 0 bridgehead atoms. The molecule has 1 aromatic heterocycles. The van der Waals surface area contributed by atoms with E-state index in [-0.39, 0.29) is 16.8 Å². The number of benzene rings is 1. The Hall–Kier alpha value is -1.93. The second-order valence-electron chi connectivity index (χ2n) is 6.98. The number of aryl methyl sites for hydroxylation is 2. The summed E-state index contributed by atoms with van der Waals surface area (Å²) in [6.45, 7) is 7.77. The van der Waals surface area contributed by atoms with Crippen LogP contribution in [-0.4, -0.2) is 42.8 Å². The van der Waals surface area contributed by atoms with Crippen LogP contribution in [0.2, 0.25) is 0 Å². The lowest BCUT2D eigenvalue weighted by atomic mass is 10.1. The molecule has 152 valence electrons. The molecule has 0 N–H and O–H groups in total. The zero-order chi connectivity index (χ0) is 21.1. The van der Waals surface area contributed by atoms with Crippen LogP contribution in [0.5, 0.6) is 0 Å². The Kier molecular flexibility index (Phi) is 7.22. The number of carbonyl (C=O) groups is 1. The third kappa shape index (κ3) is 5.32. The fraction of sp³-hybridized carbons (Fsp3) is 0.450. The Balaban J connectivity index is 2.20. The minimum absolute atomic E-state index is 0.0187. The van der Waals surface area contributed by atoms with Gasteiger partial charge in [0.05, 0.1) is 4.90 Å². The summed E-state index contributed by atoms with van der Waals surface area (Å²) in [4.78, 5) is 23.8. The predicted molar refractivity (Wildman–Crippen MR) is 114 cm³/mol. The van der Waals surface area contributed by atoms with E-state index in [1.807, 2.05) is 34.0 Å². The Bertz CT molecular complexity index is 932. The van der Waals surface area contributed by atoms with Crippen LogP contribution in [0, 0.1) is 13.8 Å². The van der Waals surface area contributed by atoms with Crippen molar-refractivity contribution in [3.8, 4) is 0 Å². The largest absolute Gasteiger partial charge is 0.310 e. The van der Waals surface area contributed by atoms with Gasteiger partial charge in [-0.25, -0.2) is 18.4 Å². The molecule has 0 aliphatic heterocycles. The molecule has 1 heterocycles. The van der Waals surface area contributed by atoms with Crippen LogP contribution in [0.25, 0.3) is 0 Å². The SMILES string of the molecule is CSc1nc(C)c(CCC(=O)N(c2ccc(S(C)(=O)=O)cc2)C(C)C)c(C)n1. The number of amides is 1. The highest BCUT2D eigenvalue weighted by Crippen LogP contribution is 2.23. The smallest absolute Gasteiger partial charge is 0.227 e. The highest BCUT2D eigenvalue weighted by atomic mass is 32.2. The van der Waals surface area contributed by atoms with E-state index in [4.69, 9.17) is 0 Å². The van der Waals surface area contributed by atoms with E-state index in [9.17, 15) is 13.2 Å². The minimum atomic E-state index is -3.27. The number of hydrogen-bond donors (Lipinski definition) is 0. The van der Waals surface area contributed by atoms with Crippen molar-refractivity contribution >= 4 is 33.2 Å². The number of sulfone groups is 1. The van der Waals surface area contributed by atoms with Crippen LogP contribution >= 0.6 is 11.8 Å². The summed E-state index contributed by atoms with van der Waals surface area (Å²) in [6, 6.07) is 6.39. The van der Waals surface area contributed by atoms with Crippen molar-refractivity contribution in [2.24, 2.45) is 0 Å². The summed E-state index contributed by atoms with van der Waals surface area (Å²) in [5.74, 6) is -0.0187. The highest BCUT2D eigenvalue weighted by molar-refractivity contribution is 7.98. The van der Waals surface area contributed by atoms with Crippen molar-refractivity contribution < 1.29 is 13.2 Å². The third-order valence-corrected chi connectivity index (χ3v) is 6.18. The maximum atomic E-state index is 12.9. The van der Waals surface area contributed by atoms with Gasteiger partial charge in [-0.3, -0.25) is 4.79 Å². The second kappa shape index (κ2) is 9.05. The molecule has 0 saturated heterocycles. The zero-order valence-corrected chi connectivity index (χ0v) is 18.8. The Morgan fingerprint density at radius 2 is 1.64 bits per heavy atom. The van der Waals surface area contributed by atoms with Gasteiger partial charge in [0.15, 0.2) is 15.0 Å². The van der Waals surface area contributed by atoms with Crippen molar-refractivity contribution in [2.75, 3.05) is 17.4 Å². The van der Waals surface area contributed by atoms with Gasteiger partial charge in [0, 0.05) is 35.8 Å². The standard InChI is InChI=1S/C20H27N3O3S2/c1-13(2)23(16-7-9-17(10-8-16)28(6,25)26)19(24)12-11-18-14(3)21-20(27-5)22-15(18)4/h7-10,13H,11-12H2,1-6H3. The normalized spacial score (nSPS) is 11.7. The molecule has 1 aromatic carbocycles. The molecule has 0 unspecified atom stereocenters. The molecule has 1 amide bonds. The Morgan fingerprint density at radius 1 is 1.11 bits per heavy atom. The molecule has 28 heavy (non-hydrogen) atoms. The average Bonchev–Trinajstić information content (AvgIpc) is 2.60. The fourth-order valence-corrected chi connectivity index (χ4v) is 4.19. The van der Waals surface area contributed by atoms with Gasteiger partial charge in [0.2, 0.25) is 5.91 Å². The molecular weight excluding hydrogens is 394 g/mol. The van der Waals surface area contributed by atoms with Crippen LogP contribution in [0.4, 0.5) is 5.69 Å². The van der Waals surface area contributed by atoms with E-state index in [1.54, 1.807) is 17.0 Å². The first-order chi connectivity index (χ1) is 13.0. The molecule has 0 saturated carbocycles. The molecule has 0 spiro atoms. The number of rotatable bonds is 7. The zero-order valence-electron chi connectivity index (χ0n) is 17.2. The molecule has 0 radical (unpaired) electrons. The van der Waals surface area contributed by atoms with E-state index in [2.05, 4.69) is 9.97 Å². The van der Waals surface area contributed by atoms with Crippen molar-refractivity contribution in [1.82, 2.24) is 9.97 Å². The van der Waals surface area contributed by atoms with Crippen molar-refractivity contribution in [3.05, 3.63) is 41.2 Å². The minimum Gasteiger partial charge on any atom is -0.310 e. The van der Waals surface area contributed by atoms with Gasteiger partial charge in [0.1, 0.15) is 0 Å². The molecular formula is C20H27N3O3S2. The lowest BCUT2D eigenvalue weighted by Crippen LogP contribution is -2.37. The number of anilines is 1. The summed E-state index contributed by atoms with van der Waals surface area (Å²) >= 11 is 1.50. The quantitative estimate of drug-likeness (QED) is 0.502. The summed E-state index contributed by atoms with van der Waals surface area (Å²) in [5, 5.41) is 0.736. The first-order valence-electron chi connectivity index (χ1n) is 9.05. The van der Waals surface area contributed by atoms with E-state index in [0.717, 1.165) is 22.1 Å². The van der Waals surface area contributed by atoms with E-state index >= 15 is 0 Å². The molecule has 0 atom stereocenters. The fourth-order valence-electron chi connectivity index (χ4n) is 3.10. The Labute approximate surface area is 171 Å². The van der Waals surface area contributed by atoms with Crippen LogP contribution in [0.1, 0.15) is 37.2 Å². The Morgan fingerprint density at radius 3 is 2.07 bits per heavy atom. The number of carbonyl (C=O) groups excluding carboxylic acids is 1. The topological polar surface area (TPSA) is 80.2 Å². The molecule has 0 aliphatic carbocycles. The maximum Gasteiger partial charge on any atom is 0.227 e. The predicted octanol–water partition coefficient (Wildman–Crippen LogP) is 3.59. The first kappa shape index (κ1) is 22.4. The molecule has 0 fully saturated rings. The van der Waals surface area contributed by atoms with Crippen molar-refractivity contribution in [1.29, 1.82) is 0 Å². The summed E-state index contributed by atoms with van der Waals surface area (Å²) in [5.41, 5.74) is 3.49. The monoisotopic (exact) mass is 421 g/mol. The number of hydrogen-bond acceptors (Lipinski definition) is 6. The maximum absolute atomic E-state index is 12.9. The van der Waals surface area contributed by atoms with Crippen LogP contribution in [-0.2, 0) is 21.1 Å². The molecule has 2 rings (SSSR count). The van der Waals surface area contributed by atoms with Crippen LogP contribution in [0.3, 0.4) is 0 Å². The summed E-state index contributed by atoms with van der Waals surface area (Å²) in [7, 11) is -3.27. The summed E-state index contributed by atoms with van der Waals surface area (Å²) < 4.78 is 23.3. The van der Waals surface area contributed by atoms with E-state index < -0.39 is 9.84 Å². The van der Waals surface area contributed by atoms with Crippen LogP contribution < -0.4 is 4.90 Å². The number of aromatic nitrogens is 2. The second-order valence-corrected chi connectivity index (χ2v) is 9.77. The van der Waals surface area contributed by atoms with Gasteiger partial charge in [-0.05, 0) is 70.2 Å². The summed E-state index contributed by atoms with van der Waals surface area (Å²) in [6.07, 6.45) is 4.00. The third-order valence-electron chi connectivity index (χ3n) is 4.50. The van der Waals surface area contributed by atoms with Gasteiger partial charge in [-0.1, -0.05) is 11.8 Å². The molecule has 8 heteroatoms. The van der Waals surface area contributed by atoms with Crippen LogP contribution in [0.15, 0.2) is 34.3 Å². The van der Waals surface area contributed by atoms with Crippen molar-refractivity contribution in [3.63, 3.8) is 0 Å². The lowest BCUT2D eigenvalue weighted by Gasteiger charge is -2.27. The molecule has 0 aliphatic rings. The molecule has 2 aromatic rings. The van der Waals surface area contributed by atoms with E-state index in [0.29, 0.717) is 18.5 Å². The van der Waals surface area contributed by atoms with Gasteiger partial charge in [0.25, 0.3) is 0 Å². The average molecular weight is 422 g/mol. The molecule has 6 nitrogen and oxygen atoms in total. The number of thioether (sulfide) groups is 1. The lowest BCUT2D eigenvalue weighted by molar-refractivity contribution is -0.118.